The molecular weight excluding hydrogens is 172 g/mol. The number of rotatable bonds is 6. The van der Waals surface area contributed by atoms with Crippen molar-refractivity contribution in [2.45, 2.75) is 37.3 Å². The number of epoxide rings is 1. The lowest BCUT2D eigenvalue weighted by molar-refractivity contribution is -0.0245. The summed E-state index contributed by atoms with van der Waals surface area (Å²) < 4.78 is 4.66. The maximum absolute atomic E-state index is 9.49. The van der Waals surface area contributed by atoms with Gasteiger partial charge in [-0.15, -0.1) is 6.58 Å². The van der Waals surface area contributed by atoms with Crippen LogP contribution in [-0.2, 0) is 4.74 Å². The van der Waals surface area contributed by atoms with Crippen molar-refractivity contribution in [1.29, 1.82) is 0 Å². The molecule has 1 heterocycles. The molecule has 0 aliphatic carbocycles. The van der Waals surface area contributed by atoms with Crippen LogP contribution >= 0.6 is 0 Å². The summed E-state index contributed by atoms with van der Waals surface area (Å²) in [4.78, 5) is 0. The van der Waals surface area contributed by atoms with Crippen molar-refractivity contribution in [2.75, 3.05) is 6.61 Å². The molecule has 0 aromatic heterocycles. The molecule has 4 nitrogen and oxygen atoms in total. The average molecular weight is 188 g/mol. The fourth-order valence-electron chi connectivity index (χ4n) is 1.31. The number of aliphatic hydroxyl groups excluding tert-OH is 1. The van der Waals surface area contributed by atoms with E-state index in [4.69, 9.17) is 5.11 Å². The van der Waals surface area contributed by atoms with E-state index in [1.54, 1.807) is 6.08 Å². The Hall–Kier alpha value is -0.420. The quantitative estimate of drug-likeness (QED) is 0.315. The molecule has 13 heavy (non-hydrogen) atoms. The SMILES string of the molecule is C=CCCCCC1(O)OC1(O)CO. The van der Waals surface area contributed by atoms with Crippen LogP contribution in [0.25, 0.3) is 0 Å². The number of hydrogen-bond acceptors (Lipinski definition) is 4. The molecule has 3 N–H and O–H groups in total. The van der Waals surface area contributed by atoms with Crippen LogP contribution in [0.4, 0.5) is 0 Å². The van der Waals surface area contributed by atoms with Crippen LogP contribution in [0.15, 0.2) is 12.7 Å². The molecule has 1 fully saturated rings. The lowest BCUT2D eigenvalue weighted by atomic mass is 10.1. The van der Waals surface area contributed by atoms with Gasteiger partial charge in [0.2, 0.25) is 11.6 Å². The minimum absolute atomic E-state index is 0.345. The maximum Gasteiger partial charge on any atom is 0.247 e. The van der Waals surface area contributed by atoms with Crippen molar-refractivity contribution in [3.63, 3.8) is 0 Å². The van der Waals surface area contributed by atoms with E-state index in [0.717, 1.165) is 19.3 Å². The first-order valence-corrected chi connectivity index (χ1v) is 4.45. The zero-order valence-electron chi connectivity index (χ0n) is 7.57. The smallest absolute Gasteiger partial charge is 0.247 e. The van der Waals surface area contributed by atoms with Gasteiger partial charge in [0.25, 0.3) is 0 Å². The molecule has 0 saturated carbocycles. The third-order valence-corrected chi connectivity index (χ3v) is 2.29. The Balaban J connectivity index is 2.20. The van der Waals surface area contributed by atoms with Gasteiger partial charge >= 0.3 is 0 Å². The molecule has 1 aliphatic rings. The largest absolute Gasteiger partial charge is 0.391 e. The highest BCUT2D eigenvalue weighted by Crippen LogP contribution is 2.46. The zero-order valence-corrected chi connectivity index (χ0v) is 7.57. The predicted molar refractivity (Wildman–Crippen MR) is 46.7 cm³/mol. The van der Waals surface area contributed by atoms with Gasteiger partial charge in [-0.25, -0.2) is 0 Å². The summed E-state index contributed by atoms with van der Waals surface area (Å²) in [5.74, 6) is -3.25. The molecule has 0 spiro atoms. The van der Waals surface area contributed by atoms with Crippen LogP contribution in [0.1, 0.15) is 25.7 Å². The fourth-order valence-corrected chi connectivity index (χ4v) is 1.31. The van der Waals surface area contributed by atoms with E-state index < -0.39 is 18.2 Å². The Morgan fingerprint density at radius 3 is 2.38 bits per heavy atom. The van der Waals surface area contributed by atoms with Crippen LogP contribution < -0.4 is 0 Å². The lowest BCUT2D eigenvalue weighted by Gasteiger charge is -2.06. The number of aliphatic hydroxyl groups is 3. The Morgan fingerprint density at radius 2 is 1.92 bits per heavy atom. The summed E-state index contributed by atoms with van der Waals surface area (Å²) in [6.07, 6.45) is 4.67. The topological polar surface area (TPSA) is 73.2 Å². The van der Waals surface area contributed by atoms with E-state index in [9.17, 15) is 10.2 Å². The molecule has 0 bridgehead atoms. The minimum Gasteiger partial charge on any atom is -0.391 e. The van der Waals surface area contributed by atoms with Crippen LogP contribution in [0.2, 0.25) is 0 Å². The second-order valence-electron chi connectivity index (χ2n) is 3.36. The number of unbranched alkanes of at least 4 members (excludes halogenated alkanes) is 2. The third kappa shape index (κ3) is 2.08. The van der Waals surface area contributed by atoms with E-state index in [0.29, 0.717) is 6.42 Å². The van der Waals surface area contributed by atoms with Gasteiger partial charge in [-0.05, 0) is 19.3 Å². The summed E-state index contributed by atoms with van der Waals surface area (Å²) in [5.41, 5.74) is 0. The number of hydrogen-bond donors (Lipinski definition) is 3. The summed E-state index contributed by atoms with van der Waals surface area (Å²) in [6.45, 7) is 3.01. The van der Waals surface area contributed by atoms with Gasteiger partial charge in [-0.2, -0.15) is 0 Å². The van der Waals surface area contributed by atoms with Gasteiger partial charge in [0.1, 0.15) is 6.61 Å². The molecule has 0 aromatic carbocycles. The van der Waals surface area contributed by atoms with Crippen molar-refractivity contribution in [3.05, 3.63) is 12.7 Å². The van der Waals surface area contributed by atoms with E-state index in [1.165, 1.54) is 0 Å². The third-order valence-electron chi connectivity index (χ3n) is 2.29. The summed E-state index contributed by atoms with van der Waals surface area (Å²) in [7, 11) is 0. The van der Waals surface area contributed by atoms with Crippen molar-refractivity contribution < 1.29 is 20.1 Å². The fraction of sp³-hybridized carbons (Fsp3) is 0.778. The lowest BCUT2D eigenvalue weighted by Crippen LogP contribution is -2.29. The van der Waals surface area contributed by atoms with Crippen LogP contribution in [0, 0.1) is 0 Å². The zero-order chi connectivity index (χ0) is 9.95. The maximum atomic E-state index is 9.49. The molecule has 0 aromatic rings. The summed E-state index contributed by atoms with van der Waals surface area (Å²) >= 11 is 0. The molecule has 2 atom stereocenters. The minimum atomic E-state index is -1.72. The molecule has 0 amide bonds. The normalized spacial score (nSPS) is 37.5. The standard InChI is InChI=1S/C9H16O4/c1-2-3-4-5-6-8(11)9(12,7-10)13-8/h2,10-12H,1,3-7H2. The molecule has 2 unspecified atom stereocenters. The second-order valence-corrected chi connectivity index (χ2v) is 3.36. The first kappa shape index (κ1) is 10.7. The Labute approximate surface area is 77.5 Å². The predicted octanol–water partition coefficient (Wildman–Crippen LogP) is 0.133. The van der Waals surface area contributed by atoms with Crippen LogP contribution in [0.5, 0.6) is 0 Å². The van der Waals surface area contributed by atoms with E-state index in [2.05, 4.69) is 11.3 Å². The van der Waals surface area contributed by atoms with Gasteiger partial charge in [0.05, 0.1) is 0 Å². The molecule has 1 aliphatic heterocycles. The highest BCUT2D eigenvalue weighted by atomic mass is 16.8. The van der Waals surface area contributed by atoms with Crippen molar-refractivity contribution in [2.24, 2.45) is 0 Å². The summed E-state index contributed by atoms with van der Waals surface area (Å²) in [6, 6.07) is 0. The van der Waals surface area contributed by atoms with Gasteiger partial charge in [0, 0.05) is 6.42 Å². The summed E-state index contributed by atoms with van der Waals surface area (Å²) in [5, 5.41) is 27.4. The monoisotopic (exact) mass is 188 g/mol. The first-order valence-electron chi connectivity index (χ1n) is 4.45. The molecular formula is C9H16O4. The van der Waals surface area contributed by atoms with Crippen LogP contribution in [-0.4, -0.2) is 33.5 Å². The van der Waals surface area contributed by atoms with E-state index in [-0.39, 0.29) is 0 Å². The number of ether oxygens (including phenoxy) is 1. The number of allylic oxidation sites excluding steroid dienone is 1. The molecule has 1 rings (SSSR count). The van der Waals surface area contributed by atoms with E-state index >= 15 is 0 Å². The highest BCUT2D eigenvalue weighted by Gasteiger charge is 2.68. The molecule has 76 valence electrons. The highest BCUT2D eigenvalue weighted by molar-refractivity contribution is 4.99. The van der Waals surface area contributed by atoms with Crippen molar-refractivity contribution in [1.82, 2.24) is 0 Å². The molecule has 4 heteroatoms. The first-order chi connectivity index (χ1) is 6.08. The Morgan fingerprint density at radius 1 is 1.23 bits per heavy atom. The Kier molecular flexibility index (Phi) is 3.08. The molecule has 0 radical (unpaired) electrons. The van der Waals surface area contributed by atoms with Gasteiger partial charge < -0.3 is 20.1 Å². The van der Waals surface area contributed by atoms with Crippen molar-refractivity contribution in [3.8, 4) is 0 Å². The van der Waals surface area contributed by atoms with Crippen LogP contribution in [0.3, 0.4) is 0 Å². The average Bonchev–Trinajstić information content (AvgIpc) is 2.65. The van der Waals surface area contributed by atoms with Crippen molar-refractivity contribution >= 4 is 0 Å². The van der Waals surface area contributed by atoms with E-state index in [1.807, 2.05) is 0 Å². The van der Waals surface area contributed by atoms with Gasteiger partial charge in [-0.3, -0.25) is 0 Å². The second kappa shape index (κ2) is 3.75. The van der Waals surface area contributed by atoms with Gasteiger partial charge in [-0.1, -0.05) is 6.08 Å². The molecule has 1 saturated heterocycles. The Bertz CT molecular complexity index is 194. The van der Waals surface area contributed by atoms with Gasteiger partial charge in [0.15, 0.2) is 0 Å².